The summed E-state index contributed by atoms with van der Waals surface area (Å²) in [4.78, 5) is 20.6. The van der Waals surface area contributed by atoms with Gasteiger partial charge in [0.15, 0.2) is 0 Å². The smallest absolute Gasteiger partial charge is 0.212 e. The van der Waals surface area contributed by atoms with Crippen LogP contribution in [0.3, 0.4) is 0 Å². The number of ether oxygens (including phenoxy) is 2. The second kappa shape index (κ2) is 12.5. The van der Waals surface area contributed by atoms with Gasteiger partial charge in [0.1, 0.15) is 11.6 Å². The lowest BCUT2D eigenvalue weighted by molar-refractivity contribution is 0.0276. The highest BCUT2D eigenvalue weighted by Gasteiger charge is 2.24. The minimum absolute atomic E-state index is 0.113. The van der Waals surface area contributed by atoms with Crippen LogP contribution in [0.5, 0.6) is 5.88 Å². The molecule has 6 rings (SSSR count). The molecular weight excluding hydrogens is 562 g/mol. The summed E-state index contributed by atoms with van der Waals surface area (Å²) in [5, 5.41) is 3.67. The van der Waals surface area contributed by atoms with E-state index >= 15 is 4.39 Å². The molecule has 0 spiro atoms. The number of hydrogen-bond acceptors (Lipinski definition) is 8. The zero-order chi connectivity index (χ0) is 30.8. The van der Waals surface area contributed by atoms with Gasteiger partial charge in [0.05, 0.1) is 71.1 Å². The summed E-state index contributed by atoms with van der Waals surface area (Å²) in [5.74, 6) is -0.436. The number of methoxy groups -OCH3 is 1. The van der Waals surface area contributed by atoms with Crippen molar-refractivity contribution < 1.29 is 18.3 Å². The van der Waals surface area contributed by atoms with Crippen molar-refractivity contribution >= 4 is 28.0 Å². The molecule has 226 valence electrons. The second-order valence-corrected chi connectivity index (χ2v) is 11.3. The zero-order valence-corrected chi connectivity index (χ0v) is 25.1. The van der Waals surface area contributed by atoms with E-state index in [1.807, 2.05) is 43.5 Å². The average Bonchev–Trinajstić information content (AvgIpc) is 3.02. The molecule has 4 aromatic heterocycles. The van der Waals surface area contributed by atoms with Crippen molar-refractivity contribution in [2.24, 2.45) is 5.92 Å². The molecule has 1 fully saturated rings. The maximum atomic E-state index is 15.6. The van der Waals surface area contributed by atoms with Crippen LogP contribution in [0.15, 0.2) is 67.1 Å². The van der Waals surface area contributed by atoms with Gasteiger partial charge in [-0.1, -0.05) is 19.9 Å². The summed E-state index contributed by atoms with van der Waals surface area (Å²) in [6.45, 7) is 8.30. The highest BCUT2D eigenvalue weighted by atomic mass is 19.1. The molecule has 1 N–H and O–H groups in total. The number of aromatic nitrogens is 4. The lowest BCUT2D eigenvalue weighted by Crippen LogP contribution is -2.43. The van der Waals surface area contributed by atoms with Gasteiger partial charge in [-0.15, -0.1) is 0 Å². The molecule has 5 aromatic rings. The standard InChI is InChI=1S/C34H34F2N6O2/c1-20(2)13-25-19-42(11-12-44-25)24-16-29(34(39-18-24)22-8-9-30(43-4)38-17-22)41-33-21(3)32(27-7-5-6-10-37-27)40-28-15-23(35)14-26(36)31(28)33/h5-10,14-18,20,25H,11-13,19H2,1-4H3,(H,40,41). The van der Waals surface area contributed by atoms with Crippen molar-refractivity contribution in [3.8, 4) is 28.5 Å². The Labute approximate surface area is 255 Å². The predicted molar refractivity (Wildman–Crippen MR) is 168 cm³/mol. The molecule has 1 aliphatic heterocycles. The molecule has 0 saturated carbocycles. The molecule has 0 aliphatic carbocycles. The fourth-order valence-electron chi connectivity index (χ4n) is 5.66. The molecule has 1 atom stereocenters. The first-order valence-corrected chi connectivity index (χ1v) is 14.7. The Kier molecular flexibility index (Phi) is 8.34. The topological polar surface area (TPSA) is 85.3 Å². The van der Waals surface area contributed by atoms with Crippen molar-refractivity contribution in [1.29, 1.82) is 0 Å². The quantitative estimate of drug-likeness (QED) is 0.199. The molecule has 0 bridgehead atoms. The first-order valence-electron chi connectivity index (χ1n) is 14.7. The van der Waals surface area contributed by atoms with E-state index in [9.17, 15) is 4.39 Å². The van der Waals surface area contributed by atoms with Crippen molar-refractivity contribution in [2.75, 3.05) is 37.0 Å². The normalized spacial score (nSPS) is 15.2. The van der Waals surface area contributed by atoms with Crippen molar-refractivity contribution in [1.82, 2.24) is 19.9 Å². The first kappa shape index (κ1) is 29.4. The molecule has 1 unspecified atom stereocenters. The van der Waals surface area contributed by atoms with Gasteiger partial charge in [0.2, 0.25) is 5.88 Å². The first-order chi connectivity index (χ1) is 21.3. The molecule has 1 aromatic carbocycles. The monoisotopic (exact) mass is 596 g/mol. The number of hydrogen-bond donors (Lipinski definition) is 1. The van der Waals surface area contributed by atoms with Gasteiger partial charge in [-0.25, -0.2) is 18.7 Å². The van der Waals surface area contributed by atoms with Gasteiger partial charge < -0.3 is 19.7 Å². The van der Waals surface area contributed by atoms with Gasteiger partial charge >= 0.3 is 0 Å². The number of fused-ring (bicyclic) bond motifs is 1. The Balaban J connectivity index is 1.51. The molecule has 5 heterocycles. The summed E-state index contributed by atoms with van der Waals surface area (Å²) in [6, 6.07) is 13.2. The fraction of sp³-hybridized carbons (Fsp3) is 0.294. The van der Waals surface area contributed by atoms with Gasteiger partial charge in [0.25, 0.3) is 0 Å². The van der Waals surface area contributed by atoms with E-state index < -0.39 is 11.6 Å². The van der Waals surface area contributed by atoms with Crippen LogP contribution in [0.2, 0.25) is 0 Å². The van der Waals surface area contributed by atoms with Crippen LogP contribution in [0.1, 0.15) is 25.8 Å². The van der Waals surface area contributed by atoms with Crippen molar-refractivity contribution in [3.05, 3.63) is 84.3 Å². The maximum absolute atomic E-state index is 15.6. The molecule has 8 nitrogen and oxygen atoms in total. The summed E-state index contributed by atoms with van der Waals surface area (Å²) in [5.41, 5.74) is 5.30. The molecule has 1 aliphatic rings. The van der Waals surface area contributed by atoms with Crippen LogP contribution in [-0.4, -0.2) is 52.8 Å². The van der Waals surface area contributed by atoms with Crippen LogP contribution < -0.4 is 15.0 Å². The molecule has 44 heavy (non-hydrogen) atoms. The van der Waals surface area contributed by atoms with Crippen molar-refractivity contribution in [2.45, 2.75) is 33.3 Å². The summed E-state index contributed by atoms with van der Waals surface area (Å²) in [7, 11) is 1.56. The van der Waals surface area contributed by atoms with Crippen LogP contribution in [0.4, 0.5) is 25.8 Å². The third-order valence-corrected chi connectivity index (χ3v) is 7.74. The van der Waals surface area contributed by atoms with E-state index in [1.165, 1.54) is 6.07 Å². The predicted octanol–water partition coefficient (Wildman–Crippen LogP) is 7.34. The van der Waals surface area contributed by atoms with E-state index in [1.54, 1.807) is 25.6 Å². The maximum Gasteiger partial charge on any atom is 0.212 e. The second-order valence-electron chi connectivity index (χ2n) is 11.3. The van der Waals surface area contributed by atoms with E-state index in [0.29, 0.717) is 59.0 Å². The largest absolute Gasteiger partial charge is 0.481 e. The van der Waals surface area contributed by atoms with Gasteiger partial charge in [-0.05, 0) is 43.5 Å². The lowest BCUT2D eigenvalue weighted by Gasteiger charge is -2.35. The van der Waals surface area contributed by atoms with E-state index in [0.717, 1.165) is 30.3 Å². The molecular formula is C34H34F2N6O2. The van der Waals surface area contributed by atoms with Crippen molar-refractivity contribution in [3.63, 3.8) is 0 Å². The van der Waals surface area contributed by atoms with Crippen LogP contribution in [-0.2, 0) is 4.74 Å². The van der Waals surface area contributed by atoms with Crippen LogP contribution >= 0.6 is 0 Å². The minimum Gasteiger partial charge on any atom is -0.481 e. The zero-order valence-electron chi connectivity index (χ0n) is 25.1. The number of nitrogens with zero attached hydrogens (tertiary/aromatic N) is 5. The van der Waals surface area contributed by atoms with Gasteiger partial charge in [0, 0.05) is 54.8 Å². The number of benzene rings is 1. The Morgan fingerprint density at radius 2 is 1.91 bits per heavy atom. The number of rotatable bonds is 8. The average molecular weight is 597 g/mol. The molecule has 0 radical (unpaired) electrons. The van der Waals surface area contributed by atoms with Crippen LogP contribution in [0, 0.1) is 24.5 Å². The number of halogens is 2. The Hall–Kier alpha value is -4.70. The van der Waals surface area contributed by atoms with Crippen LogP contribution in [0.25, 0.3) is 33.5 Å². The highest BCUT2D eigenvalue weighted by Crippen LogP contribution is 2.39. The Bertz CT molecular complexity index is 1780. The van der Waals surface area contributed by atoms with Gasteiger partial charge in [-0.3, -0.25) is 9.97 Å². The summed E-state index contributed by atoms with van der Waals surface area (Å²) >= 11 is 0. The van der Waals surface area contributed by atoms with E-state index in [4.69, 9.17) is 14.5 Å². The van der Waals surface area contributed by atoms with E-state index in [-0.39, 0.29) is 17.0 Å². The third kappa shape index (κ3) is 6.03. The number of pyridine rings is 4. The number of nitrogens with one attached hydrogen (secondary N) is 1. The summed E-state index contributed by atoms with van der Waals surface area (Å²) < 4.78 is 41.3. The number of morpholine rings is 1. The SMILES string of the molecule is COc1ccc(-c2ncc(N3CCOC(CC(C)C)C3)cc2Nc2c(C)c(-c3ccccn3)nc3cc(F)cc(F)c23)cn1. The highest BCUT2D eigenvalue weighted by molar-refractivity contribution is 5.99. The van der Waals surface area contributed by atoms with E-state index in [2.05, 4.69) is 39.0 Å². The number of anilines is 3. The lowest BCUT2D eigenvalue weighted by atomic mass is 10.0. The third-order valence-electron chi connectivity index (χ3n) is 7.74. The minimum atomic E-state index is -0.716. The van der Waals surface area contributed by atoms with Gasteiger partial charge in [-0.2, -0.15) is 0 Å². The molecule has 0 amide bonds. The Morgan fingerprint density at radius 1 is 1.05 bits per heavy atom. The fourth-order valence-corrected chi connectivity index (χ4v) is 5.66. The summed E-state index contributed by atoms with van der Waals surface area (Å²) in [6.07, 6.45) is 6.26. The Morgan fingerprint density at radius 3 is 2.64 bits per heavy atom. The molecule has 10 heteroatoms. The molecule has 1 saturated heterocycles.